The van der Waals surface area contributed by atoms with Crippen molar-refractivity contribution >= 4 is 11.4 Å². The van der Waals surface area contributed by atoms with Crippen molar-refractivity contribution in [3.05, 3.63) is 18.2 Å². The molecule has 0 aliphatic carbocycles. The lowest BCUT2D eigenvalue weighted by Gasteiger charge is -2.19. The van der Waals surface area contributed by atoms with Gasteiger partial charge in [0.1, 0.15) is 5.75 Å². The Labute approximate surface area is 114 Å². The molecule has 0 amide bonds. The molecule has 1 aromatic carbocycles. The van der Waals surface area contributed by atoms with Crippen LogP contribution in [0.1, 0.15) is 20.3 Å². The van der Waals surface area contributed by atoms with Crippen molar-refractivity contribution in [1.29, 1.82) is 0 Å². The molecule has 0 bridgehead atoms. The molecule has 0 saturated heterocycles. The predicted octanol–water partition coefficient (Wildman–Crippen LogP) is 1.87. The minimum atomic E-state index is 0.0451. The van der Waals surface area contributed by atoms with Crippen LogP contribution in [0.5, 0.6) is 5.75 Å². The number of aliphatic hydroxyl groups excluding tert-OH is 1. The maximum absolute atomic E-state index is 9.02. The summed E-state index contributed by atoms with van der Waals surface area (Å²) in [5.41, 5.74) is 7.36. The second-order valence-corrected chi connectivity index (χ2v) is 4.77. The van der Waals surface area contributed by atoms with Crippen LogP contribution in [-0.2, 0) is 4.74 Å². The average molecular weight is 268 g/mol. The Morgan fingerprint density at radius 2 is 2.05 bits per heavy atom. The maximum atomic E-state index is 9.02. The molecule has 1 atom stereocenters. The monoisotopic (exact) mass is 268 g/mol. The van der Waals surface area contributed by atoms with Crippen molar-refractivity contribution in [3.63, 3.8) is 0 Å². The number of rotatable bonds is 8. The molecule has 0 heterocycles. The van der Waals surface area contributed by atoms with Gasteiger partial charge in [-0.2, -0.15) is 0 Å². The van der Waals surface area contributed by atoms with Crippen molar-refractivity contribution in [2.75, 3.05) is 31.4 Å². The SMILES string of the molecule is COCC(CCO)Nc1cc(N)cc(OC(C)C)c1. The van der Waals surface area contributed by atoms with Gasteiger partial charge in [0.2, 0.25) is 0 Å². The molecule has 1 aromatic rings. The third-order valence-electron chi connectivity index (χ3n) is 2.52. The molecule has 1 rings (SSSR count). The van der Waals surface area contributed by atoms with Gasteiger partial charge in [0.15, 0.2) is 0 Å². The van der Waals surface area contributed by atoms with Gasteiger partial charge in [0.05, 0.1) is 18.8 Å². The van der Waals surface area contributed by atoms with E-state index in [1.165, 1.54) is 0 Å². The zero-order valence-electron chi connectivity index (χ0n) is 11.8. The lowest BCUT2D eigenvalue weighted by atomic mass is 10.2. The van der Waals surface area contributed by atoms with E-state index in [-0.39, 0.29) is 18.8 Å². The van der Waals surface area contributed by atoms with Crippen molar-refractivity contribution in [2.24, 2.45) is 0 Å². The summed E-state index contributed by atoms with van der Waals surface area (Å²) < 4.78 is 10.8. The first kappa shape index (κ1) is 15.6. The summed E-state index contributed by atoms with van der Waals surface area (Å²) in [4.78, 5) is 0. The summed E-state index contributed by atoms with van der Waals surface area (Å²) in [6.45, 7) is 4.57. The molecule has 0 aromatic heterocycles. The second-order valence-electron chi connectivity index (χ2n) is 4.77. The number of aliphatic hydroxyl groups is 1. The molecule has 0 aliphatic heterocycles. The van der Waals surface area contributed by atoms with Gasteiger partial charge in [-0.05, 0) is 26.3 Å². The Morgan fingerprint density at radius 3 is 2.63 bits per heavy atom. The normalized spacial score (nSPS) is 12.5. The van der Waals surface area contributed by atoms with Crippen LogP contribution in [-0.4, -0.2) is 37.6 Å². The van der Waals surface area contributed by atoms with Crippen molar-refractivity contribution < 1.29 is 14.6 Å². The first-order chi connectivity index (χ1) is 9.05. The molecule has 0 saturated carbocycles. The highest BCUT2D eigenvalue weighted by atomic mass is 16.5. The van der Waals surface area contributed by atoms with Crippen LogP contribution < -0.4 is 15.8 Å². The number of benzene rings is 1. The number of anilines is 2. The standard InChI is InChI=1S/C14H24N2O3/c1-10(2)19-14-7-11(15)6-13(8-14)16-12(4-5-17)9-18-3/h6-8,10,12,16-17H,4-5,9,15H2,1-3H3. The van der Waals surface area contributed by atoms with Gasteiger partial charge >= 0.3 is 0 Å². The Balaban J connectivity index is 2.77. The Kier molecular flexibility index (Phi) is 6.45. The number of methoxy groups -OCH3 is 1. The van der Waals surface area contributed by atoms with E-state index in [1.54, 1.807) is 13.2 Å². The van der Waals surface area contributed by atoms with E-state index >= 15 is 0 Å². The first-order valence-electron chi connectivity index (χ1n) is 6.48. The van der Waals surface area contributed by atoms with Crippen molar-refractivity contribution in [3.8, 4) is 5.75 Å². The van der Waals surface area contributed by atoms with Crippen LogP contribution >= 0.6 is 0 Å². The number of hydrogen-bond donors (Lipinski definition) is 3. The summed E-state index contributed by atoms with van der Waals surface area (Å²) in [7, 11) is 1.64. The zero-order valence-corrected chi connectivity index (χ0v) is 11.8. The summed E-state index contributed by atoms with van der Waals surface area (Å²) in [6, 6.07) is 5.58. The maximum Gasteiger partial charge on any atom is 0.123 e. The van der Waals surface area contributed by atoms with Gasteiger partial charge in [0.25, 0.3) is 0 Å². The van der Waals surface area contributed by atoms with E-state index in [2.05, 4.69) is 5.32 Å². The van der Waals surface area contributed by atoms with Gasteiger partial charge in [-0.25, -0.2) is 0 Å². The smallest absolute Gasteiger partial charge is 0.123 e. The second kappa shape index (κ2) is 7.86. The zero-order chi connectivity index (χ0) is 14.3. The Bertz CT molecular complexity index is 377. The average Bonchev–Trinajstić information content (AvgIpc) is 2.27. The van der Waals surface area contributed by atoms with Crippen LogP contribution in [0, 0.1) is 0 Å². The number of hydrogen-bond acceptors (Lipinski definition) is 5. The highest BCUT2D eigenvalue weighted by molar-refractivity contribution is 5.59. The van der Waals surface area contributed by atoms with Crippen LogP contribution in [0.2, 0.25) is 0 Å². The number of nitrogens with one attached hydrogen (secondary N) is 1. The minimum absolute atomic E-state index is 0.0451. The van der Waals surface area contributed by atoms with E-state index in [0.717, 1.165) is 11.4 Å². The van der Waals surface area contributed by atoms with Gasteiger partial charge in [0, 0.05) is 37.2 Å². The highest BCUT2D eigenvalue weighted by Gasteiger charge is 2.09. The quantitative estimate of drug-likeness (QED) is 0.627. The molecule has 1 unspecified atom stereocenters. The molecular weight excluding hydrogens is 244 g/mol. The number of nitrogen functional groups attached to an aromatic ring is 1. The molecule has 0 aliphatic rings. The lowest BCUT2D eigenvalue weighted by Crippen LogP contribution is -2.26. The lowest BCUT2D eigenvalue weighted by molar-refractivity contribution is 0.170. The highest BCUT2D eigenvalue weighted by Crippen LogP contribution is 2.24. The van der Waals surface area contributed by atoms with E-state index in [1.807, 2.05) is 26.0 Å². The van der Waals surface area contributed by atoms with Crippen LogP contribution in [0.3, 0.4) is 0 Å². The third kappa shape index (κ3) is 5.81. The summed E-state index contributed by atoms with van der Waals surface area (Å²) in [5, 5.41) is 12.3. The molecule has 19 heavy (non-hydrogen) atoms. The van der Waals surface area contributed by atoms with Gasteiger partial charge in [-0.15, -0.1) is 0 Å². The van der Waals surface area contributed by atoms with E-state index < -0.39 is 0 Å². The summed E-state index contributed by atoms with van der Waals surface area (Å²) in [6.07, 6.45) is 0.713. The van der Waals surface area contributed by atoms with Crippen molar-refractivity contribution in [1.82, 2.24) is 0 Å². The third-order valence-corrected chi connectivity index (χ3v) is 2.52. The first-order valence-corrected chi connectivity index (χ1v) is 6.48. The van der Waals surface area contributed by atoms with E-state index in [9.17, 15) is 0 Å². The molecule has 108 valence electrons. The van der Waals surface area contributed by atoms with Gasteiger partial charge in [-0.1, -0.05) is 0 Å². The van der Waals surface area contributed by atoms with Crippen LogP contribution in [0.15, 0.2) is 18.2 Å². The van der Waals surface area contributed by atoms with Gasteiger partial charge in [-0.3, -0.25) is 0 Å². The fourth-order valence-electron chi connectivity index (χ4n) is 1.84. The predicted molar refractivity (Wildman–Crippen MR) is 77.6 cm³/mol. The summed E-state index contributed by atoms with van der Waals surface area (Å²) >= 11 is 0. The molecule has 5 nitrogen and oxygen atoms in total. The summed E-state index contributed by atoms with van der Waals surface area (Å²) in [5.74, 6) is 0.734. The topological polar surface area (TPSA) is 76.7 Å². The van der Waals surface area contributed by atoms with Crippen LogP contribution in [0.25, 0.3) is 0 Å². The van der Waals surface area contributed by atoms with E-state index in [4.69, 9.17) is 20.3 Å². The Hall–Kier alpha value is -1.46. The van der Waals surface area contributed by atoms with Gasteiger partial charge < -0.3 is 25.6 Å². The number of nitrogens with two attached hydrogens (primary N) is 1. The fraction of sp³-hybridized carbons (Fsp3) is 0.571. The molecule has 0 spiro atoms. The molecular formula is C14H24N2O3. The van der Waals surface area contributed by atoms with E-state index in [0.29, 0.717) is 18.7 Å². The van der Waals surface area contributed by atoms with Crippen molar-refractivity contribution in [2.45, 2.75) is 32.4 Å². The largest absolute Gasteiger partial charge is 0.491 e. The fourth-order valence-corrected chi connectivity index (χ4v) is 1.84. The molecule has 4 N–H and O–H groups in total. The molecule has 0 radical (unpaired) electrons. The van der Waals surface area contributed by atoms with Crippen LogP contribution in [0.4, 0.5) is 11.4 Å². The molecule has 0 fully saturated rings. The Morgan fingerprint density at radius 1 is 1.32 bits per heavy atom. The molecule has 5 heteroatoms. The minimum Gasteiger partial charge on any atom is -0.491 e. The number of ether oxygens (including phenoxy) is 2.